The van der Waals surface area contributed by atoms with Crippen LogP contribution in [0.5, 0.6) is 11.5 Å². The summed E-state index contributed by atoms with van der Waals surface area (Å²) in [6, 6.07) is 17.8. The third-order valence-electron chi connectivity index (χ3n) is 3.45. The Hall–Kier alpha value is -2.47. The summed E-state index contributed by atoms with van der Waals surface area (Å²) in [5.41, 5.74) is 1.15. The van der Waals surface area contributed by atoms with Crippen molar-refractivity contribution in [2.45, 2.75) is 30.7 Å². The first-order valence-corrected chi connectivity index (χ1v) is 8.89. The number of aryl methyl sites for hydroxylation is 1. The van der Waals surface area contributed by atoms with Crippen molar-refractivity contribution in [3.8, 4) is 11.5 Å². The molecule has 0 bridgehead atoms. The molecule has 0 saturated heterocycles. The van der Waals surface area contributed by atoms with E-state index in [1.165, 1.54) is 0 Å². The number of hydrogen-bond donors (Lipinski definition) is 1. The molecule has 3 rings (SSSR count). The Balaban J connectivity index is 1.64. The Bertz CT molecular complexity index is 789. The fourth-order valence-electron chi connectivity index (χ4n) is 2.27. The van der Waals surface area contributed by atoms with Gasteiger partial charge in [-0.3, -0.25) is 0 Å². The van der Waals surface area contributed by atoms with Crippen LogP contribution in [0.4, 0.5) is 0 Å². The monoisotopic (exact) mass is 340 g/mol. The predicted octanol–water partition coefficient (Wildman–Crippen LogP) is 4.03. The van der Waals surface area contributed by atoms with Crippen LogP contribution in [0.25, 0.3) is 0 Å². The molecular formula is C18H20N4OS. The van der Waals surface area contributed by atoms with Crippen molar-refractivity contribution >= 4 is 11.8 Å². The highest BCUT2D eigenvalue weighted by Gasteiger charge is 2.09. The van der Waals surface area contributed by atoms with Gasteiger partial charge in [0.1, 0.15) is 11.5 Å². The van der Waals surface area contributed by atoms with E-state index < -0.39 is 0 Å². The highest BCUT2D eigenvalue weighted by molar-refractivity contribution is 7.98. The number of nitrogen functional groups attached to an aromatic ring is 1. The van der Waals surface area contributed by atoms with Crippen molar-refractivity contribution in [1.82, 2.24) is 14.9 Å². The topological polar surface area (TPSA) is 66.0 Å². The largest absolute Gasteiger partial charge is 0.457 e. The van der Waals surface area contributed by atoms with Gasteiger partial charge in [-0.1, -0.05) is 49.0 Å². The summed E-state index contributed by atoms with van der Waals surface area (Å²) >= 11 is 1.57. The van der Waals surface area contributed by atoms with Crippen molar-refractivity contribution < 1.29 is 4.74 Å². The zero-order chi connectivity index (χ0) is 16.8. The van der Waals surface area contributed by atoms with Crippen molar-refractivity contribution in [3.63, 3.8) is 0 Å². The van der Waals surface area contributed by atoms with Crippen LogP contribution in [0.15, 0.2) is 59.8 Å². The summed E-state index contributed by atoms with van der Waals surface area (Å²) in [5, 5.41) is 9.02. The molecule has 0 atom stereocenters. The number of aromatic nitrogens is 3. The van der Waals surface area contributed by atoms with Gasteiger partial charge in [0.05, 0.1) is 0 Å². The molecule has 5 nitrogen and oxygen atoms in total. The lowest BCUT2D eigenvalue weighted by Gasteiger charge is -2.07. The predicted molar refractivity (Wildman–Crippen MR) is 96.7 cm³/mol. The summed E-state index contributed by atoms with van der Waals surface area (Å²) in [6.45, 7) is 2.10. The number of benzene rings is 2. The molecule has 0 saturated carbocycles. The number of nitrogens with two attached hydrogens (primary N) is 1. The van der Waals surface area contributed by atoms with E-state index >= 15 is 0 Å². The molecule has 0 aliphatic rings. The fourth-order valence-corrected chi connectivity index (χ4v) is 3.09. The normalized spacial score (nSPS) is 10.7. The summed E-state index contributed by atoms with van der Waals surface area (Å²) in [5.74, 6) is 9.26. The minimum atomic E-state index is 0.729. The number of ether oxygens (including phenoxy) is 1. The number of rotatable bonds is 7. The van der Waals surface area contributed by atoms with Crippen molar-refractivity contribution in [1.29, 1.82) is 0 Å². The summed E-state index contributed by atoms with van der Waals surface area (Å²) in [4.78, 5) is 0. The first-order chi connectivity index (χ1) is 11.8. The maximum absolute atomic E-state index is 6.03. The second-order valence-corrected chi connectivity index (χ2v) is 6.31. The lowest BCUT2D eigenvalue weighted by atomic mass is 10.2. The van der Waals surface area contributed by atoms with Gasteiger partial charge >= 0.3 is 0 Å². The molecule has 124 valence electrons. The molecule has 3 aromatic rings. The number of para-hydroxylation sites is 1. The molecule has 0 aliphatic carbocycles. The average Bonchev–Trinajstić information content (AvgIpc) is 2.95. The quantitative estimate of drug-likeness (QED) is 0.519. The lowest BCUT2D eigenvalue weighted by molar-refractivity contribution is 0.482. The van der Waals surface area contributed by atoms with Crippen LogP contribution in [0, 0.1) is 0 Å². The molecule has 0 unspecified atom stereocenters. The molecule has 0 radical (unpaired) electrons. The van der Waals surface area contributed by atoms with Gasteiger partial charge in [0.2, 0.25) is 5.16 Å². The van der Waals surface area contributed by atoms with E-state index in [-0.39, 0.29) is 0 Å². The SMILES string of the molecule is CCCc1nnc(SCc2cccc(Oc3ccccc3)c2)n1N. The van der Waals surface area contributed by atoms with Gasteiger partial charge in [0, 0.05) is 12.2 Å². The second kappa shape index (κ2) is 7.88. The third-order valence-corrected chi connectivity index (χ3v) is 4.47. The van der Waals surface area contributed by atoms with Crippen molar-refractivity contribution in [2.75, 3.05) is 5.84 Å². The van der Waals surface area contributed by atoms with Crippen LogP contribution in [-0.2, 0) is 12.2 Å². The molecule has 6 heteroatoms. The Morgan fingerprint density at radius 1 is 1.04 bits per heavy atom. The molecule has 1 aromatic heterocycles. The van der Waals surface area contributed by atoms with Crippen LogP contribution >= 0.6 is 11.8 Å². The smallest absolute Gasteiger partial charge is 0.210 e. The summed E-state index contributed by atoms with van der Waals surface area (Å²) in [6.07, 6.45) is 1.84. The summed E-state index contributed by atoms with van der Waals surface area (Å²) < 4.78 is 7.45. The first-order valence-electron chi connectivity index (χ1n) is 7.90. The highest BCUT2D eigenvalue weighted by atomic mass is 32.2. The molecule has 0 amide bonds. The molecule has 0 fully saturated rings. The summed E-state index contributed by atoms with van der Waals surface area (Å²) in [7, 11) is 0. The molecule has 2 aromatic carbocycles. The standard InChI is InChI=1S/C18H20N4OS/c1-2-7-17-20-21-18(22(17)19)24-13-14-8-6-11-16(12-14)23-15-9-4-3-5-10-15/h3-6,8-12H,2,7,13,19H2,1H3. The van der Waals surface area contributed by atoms with Gasteiger partial charge in [-0.25, -0.2) is 4.68 Å². The Kier molecular flexibility index (Phi) is 5.38. The molecular weight excluding hydrogens is 320 g/mol. The first kappa shape index (κ1) is 16.4. The maximum atomic E-state index is 6.03. The molecule has 1 heterocycles. The zero-order valence-corrected chi connectivity index (χ0v) is 14.4. The maximum Gasteiger partial charge on any atom is 0.210 e. The minimum Gasteiger partial charge on any atom is -0.457 e. The highest BCUT2D eigenvalue weighted by Crippen LogP contribution is 2.26. The lowest BCUT2D eigenvalue weighted by Crippen LogP contribution is -2.13. The van der Waals surface area contributed by atoms with Crippen LogP contribution in [0.2, 0.25) is 0 Å². The Labute approximate surface area is 145 Å². The van der Waals surface area contributed by atoms with Gasteiger partial charge in [-0.05, 0) is 36.2 Å². The second-order valence-electron chi connectivity index (χ2n) is 5.37. The van der Waals surface area contributed by atoms with Crippen LogP contribution < -0.4 is 10.6 Å². The Morgan fingerprint density at radius 3 is 2.62 bits per heavy atom. The number of thioether (sulfide) groups is 1. The third kappa shape index (κ3) is 4.08. The van der Waals surface area contributed by atoms with Crippen LogP contribution in [0.3, 0.4) is 0 Å². The van der Waals surface area contributed by atoms with Crippen molar-refractivity contribution in [3.05, 3.63) is 66.0 Å². The van der Waals surface area contributed by atoms with Gasteiger partial charge in [-0.2, -0.15) is 0 Å². The van der Waals surface area contributed by atoms with Crippen LogP contribution in [-0.4, -0.2) is 14.9 Å². The van der Waals surface area contributed by atoms with E-state index in [1.54, 1.807) is 16.4 Å². The van der Waals surface area contributed by atoms with E-state index in [9.17, 15) is 0 Å². The van der Waals surface area contributed by atoms with Gasteiger partial charge < -0.3 is 10.6 Å². The zero-order valence-electron chi connectivity index (χ0n) is 13.6. The molecule has 0 aliphatic heterocycles. The van der Waals surface area contributed by atoms with E-state index in [0.717, 1.165) is 46.6 Å². The van der Waals surface area contributed by atoms with Crippen molar-refractivity contribution in [2.24, 2.45) is 0 Å². The van der Waals surface area contributed by atoms with Gasteiger partial charge in [-0.15, -0.1) is 10.2 Å². The minimum absolute atomic E-state index is 0.729. The van der Waals surface area contributed by atoms with Crippen LogP contribution in [0.1, 0.15) is 24.7 Å². The number of nitrogens with zero attached hydrogens (tertiary/aromatic N) is 3. The molecule has 0 spiro atoms. The van der Waals surface area contributed by atoms with Gasteiger partial charge in [0.25, 0.3) is 0 Å². The molecule has 24 heavy (non-hydrogen) atoms. The van der Waals surface area contributed by atoms with E-state index in [0.29, 0.717) is 0 Å². The van der Waals surface area contributed by atoms with E-state index in [2.05, 4.69) is 23.2 Å². The molecule has 2 N–H and O–H groups in total. The Morgan fingerprint density at radius 2 is 1.83 bits per heavy atom. The van der Waals surface area contributed by atoms with Gasteiger partial charge in [0.15, 0.2) is 5.82 Å². The number of hydrogen-bond acceptors (Lipinski definition) is 5. The fraction of sp³-hybridized carbons (Fsp3) is 0.222. The van der Waals surface area contributed by atoms with E-state index in [1.807, 2.05) is 48.5 Å². The average molecular weight is 340 g/mol. The van der Waals surface area contributed by atoms with E-state index in [4.69, 9.17) is 10.6 Å².